The lowest BCUT2D eigenvalue weighted by molar-refractivity contribution is 0.349. The summed E-state index contributed by atoms with van der Waals surface area (Å²) in [6, 6.07) is 0. The smallest absolute Gasteiger partial charge is 0.176 e. The number of hydrogen-bond acceptors (Lipinski definition) is 2. The first kappa shape index (κ1) is 4.50. The molecule has 7 heavy (non-hydrogen) atoms. The highest BCUT2D eigenvalue weighted by Gasteiger charge is 1.94. The van der Waals surface area contributed by atoms with E-state index in [-0.39, 0.29) is 0 Å². The molecule has 0 saturated heterocycles. The van der Waals surface area contributed by atoms with Crippen molar-refractivity contribution in [3.8, 4) is 0 Å². The third-order valence-corrected chi connectivity index (χ3v) is 1.16. The minimum Gasteiger partial charge on any atom is -0.296 e. The van der Waals surface area contributed by atoms with Crippen LogP contribution < -0.4 is 0 Å². The van der Waals surface area contributed by atoms with Crippen LogP contribution >= 0.6 is 11.8 Å². The molecule has 35 valence electrons. The number of nitrogens with zero attached hydrogens (tertiary/aromatic N) is 1. The van der Waals surface area contributed by atoms with Crippen molar-refractivity contribution < 1.29 is 5.11 Å². The molecule has 1 heterocycles. The summed E-state index contributed by atoms with van der Waals surface area (Å²) in [5, 5.41) is 11.9. The second-order valence-corrected chi connectivity index (χ2v) is 1.82. The number of rotatable bonds is 0. The van der Waals surface area contributed by atoms with E-state index in [1.54, 1.807) is 5.41 Å². The molecule has 1 radical (unpaired) electrons. The van der Waals surface area contributed by atoms with E-state index >= 15 is 0 Å². The maximum absolute atomic E-state index is 9.80. The normalized spacial score (nSPS) is 22.0. The molecule has 3 heteroatoms. The molecule has 0 aromatic heterocycles. The fourth-order valence-corrected chi connectivity index (χ4v) is 0.644. The second kappa shape index (κ2) is 1.87. The van der Waals surface area contributed by atoms with Gasteiger partial charge in [0.1, 0.15) is 0 Å². The lowest BCUT2D eigenvalue weighted by atomic mass is 11.0. The van der Waals surface area contributed by atoms with Crippen molar-refractivity contribution in [1.29, 1.82) is 0 Å². The van der Waals surface area contributed by atoms with Gasteiger partial charge in [-0.1, -0.05) is 11.8 Å². The Morgan fingerprint density at radius 2 is 2.86 bits per heavy atom. The van der Waals surface area contributed by atoms with E-state index in [1.807, 2.05) is 0 Å². The second-order valence-electron chi connectivity index (χ2n) is 0.933. The lowest BCUT2D eigenvalue weighted by Crippen LogP contribution is -1.56. The van der Waals surface area contributed by atoms with Crippen LogP contribution in [-0.4, -0.2) is 5.87 Å². The number of hydrogen-bond donors (Lipinski definition) is 0. The SMILES string of the molecule is [O]C=C1N=C=CS1. The fourth-order valence-electron chi connectivity index (χ4n) is 0.257. The van der Waals surface area contributed by atoms with Gasteiger partial charge in [0, 0.05) is 5.41 Å². The summed E-state index contributed by atoms with van der Waals surface area (Å²) < 4.78 is 0. The zero-order valence-electron chi connectivity index (χ0n) is 3.42. The molecular weight excluding hydrogens is 110 g/mol. The van der Waals surface area contributed by atoms with E-state index in [9.17, 15) is 5.11 Å². The molecule has 1 rings (SSSR count). The third-order valence-electron chi connectivity index (χ3n) is 0.508. The van der Waals surface area contributed by atoms with E-state index in [4.69, 9.17) is 0 Å². The maximum atomic E-state index is 9.80. The van der Waals surface area contributed by atoms with E-state index in [0.717, 1.165) is 0 Å². The highest BCUT2D eigenvalue weighted by Crippen LogP contribution is 2.19. The Bertz CT molecular complexity index is 155. The van der Waals surface area contributed by atoms with Crippen LogP contribution in [0.5, 0.6) is 0 Å². The van der Waals surface area contributed by atoms with Crippen LogP contribution in [0.3, 0.4) is 0 Å². The maximum Gasteiger partial charge on any atom is 0.176 e. The van der Waals surface area contributed by atoms with Gasteiger partial charge in [-0.2, -0.15) is 4.99 Å². The van der Waals surface area contributed by atoms with Crippen LogP contribution in [0.4, 0.5) is 0 Å². The average molecular weight is 112 g/mol. The van der Waals surface area contributed by atoms with Gasteiger partial charge in [0.2, 0.25) is 0 Å². The topological polar surface area (TPSA) is 32.3 Å². The highest BCUT2D eigenvalue weighted by atomic mass is 32.2. The van der Waals surface area contributed by atoms with Crippen LogP contribution in [0.15, 0.2) is 21.7 Å². The molecule has 0 N–H and O–H groups in total. The average Bonchev–Trinajstić information content (AvgIpc) is 2.14. The van der Waals surface area contributed by atoms with Crippen molar-refractivity contribution in [1.82, 2.24) is 0 Å². The number of thioether (sulfide) groups is 1. The molecule has 0 amide bonds. The summed E-state index contributed by atoms with van der Waals surface area (Å²) in [6.07, 6.45) is 0.709. The van der Waals surface area contributed by atoms with E-state index in [0.29, 0.717) is 11.3 Å². The van der Waals surface area contributed by atoms with Crippen molar-refractivity contribution in [3.05, 3.63) is 16.7 Å². The Balaban J connectivity index is 2.70. The van der Waals surface area contributed by atoms with Crippen molar-refractivity contribution in [2.45, 2.75) is 0 Å². The van der Waals surface area contributed by atoms with Gasteiger partial charge >= 0.3 is 0 Å². The lowest BCUT2D eigenvalue weighted by Gasteiger charge is -1.76. The summed E-state index contributed by atoms with van der Waals surface area (Å²) >= 11 is 1.29. The van der Waals surface area contributed by atoms with Gasteiger partial charge < -0.3 is 0 Å². The van der Waals surface area contributed by atoms with Crippen LogP contribution in [0.25, 0.3) is 0 Å². The zero-order chi connectivity index (χ0) is 5.11. The molecule has 1 aliphatic rings. The van der Waals surface area contributed by atoms with Gasteiger partial charge in [-0.15, -0.1) is 0 Å². The third kappa shape index (κ3) is 0.856. The van der Waals surface area contributed by atoms with Gasteiger partial charge in [-0.05, 0) is 5.87 Å². The van der Waals surface area contributed by atoms with Crippen molar-refractivity contribution in [2.75, 3.05) is 0 Å². The minimum absolute atomic E-state index is 0.486. The van der Waals surface area contributed by atoms with Gasteiger partial charge in [-0.25, -0.2) is 0 Å². The first-order valence-corrected chi connectivity index (χ1v) is 2.58. The van der Waals surface area contributed by atoms with Crippen LogP contribution in [0, 0.1) is 0 Å². The molecule has 0 spiro atoms. The highest BCUT2D eigenvalue weighted by molar-refractivity contribution is 8.06. The molecule has 0 saturated carbocycles. The molecule has 0 fully saturated rings. The Labute approximate surface area is 45.3 Å². The standard InChI is InChI=1S/C4H2NOS/c6-3-4-5-1-2-7-4/h2-3H. The molecule has 2 nitrogen and oxygen atoms in total. The largest absolute Gasteiger partial charge is 0.296 e. The molecule has 0 bridgehead atoms. The number of aliphatic imine (C=N–C) groups is 1. The molecule has 0 aromatic carbocycles. The van der Waals surface area contributed by atoms with Gasteiger partial charge in [0.25, 0.3) is 0 Å². The van der Waals surface area contributed by atoms with Crippen molar-refractivity contribution in [2.24, 2.45) is 4.99 Å². The first-order chi connectivity index (χ1) is 3.43. The van der Waals surface area contributed by atoms with E-state index in [1.165, 1.54) is 11.8 Å². The van der Waals surface area contributed by atoms with Crippen LogP contribution in [0.2, 0.25) is 0 Å². The van der Waals surface area contributed by atoms with E-state index < -0.39 is 0 Å². The first-order valence-electron chi connectivity index (χ1n) is 1.70. The van der Waals surface area contributed by atoms with Crippen LogP contribution in [-0.2, 0) is 5.11 Å². The van der Waals surface area contributed by atoms with E-state index in [2.05, 4.69) is 10.9 Å². The summed E-state index contributed by atoms with van der Waals surface area (Å²) in [5.74, 6) is 2.52. The molecular formula is C4H2NOS. The summed E-state index contributed by atoms with van der Waals surface area (Å²) in [6.45, 7) is 0. The predicted molar refractivity (Wildman–Crippen MR) is 28.4 cm³/mol. The Kier molecular flexibility index (Phi) is 1.20. The monoisotopic (exact) mass is 112 g/mol. The molecule has 0 aliphatic carbocycles. The van der Waals surface area contributed by atoms with Gasteiger partial charge in [-0.3, -0.25) is 5.11 Å². The van der Waals surface area contributed by atoms with Crippen molar-refractivity contribution >= 4 is 17.6 Å². The van der Waals surface area contributed by atoms with Gasteiger partial charge in [0.05, 0.1) is 0 Å². The molecule has 0 unspecified atom stereocenters. The summed E-state index contributed by atoms with van der Waals surface area (Å²) in [7, 11) is 0. The van der Waals surface area contributed by atoms with Gasteiger partial charge in [0.15, 0.2) is 11.3 Å². The Morgan fingerprint density at radius 1 is 2.00 bits per heavy atom. The predicted octanol–water partition coefficient (Wildman–Crippen LogP) is 1.15. The Morgan fingerprint density at radius 3 is 3.14 bits per heavy atom. The summed E-state index contributed by atoms with van der Waals surface area (Å²) in [5.41, 5.74) is 0. The quantitative estimate of drug-likeness (QED) is 0.432. The molecule has 1 aliphatic heterocycles. The van der Waals surface area contributed by atoms with Crippen LogP contribution in [0.1, 0.15) is 0 Å². The molecule has 0 aromatic rings. The fraction of sp³-hybridized carbons (Fsp3) is 0. The Hall–Kier alpha value is -0.660. The summed E-state index contributed by atoms with van der Waals surface area (Å²) in [4.78, 5) is 3.56. The minimum atomic E-state index is 0.486. The molecule has 0 atom stereocenters. The van der Waals surface area contributed by atoms with Crippen molar-refractivity contribution in [3.63, 3.8) is 0 Å². The zero-order valence-corrected chi connectivity index (χ0v) is 4.23.